The zero-order chi connectivity index (χ0) is 22.0. The van der Waals surface area contributed by atoms with Gasteiger partial charge >= 0.3 is 5.97 Å². The Labute approximate surface area is 183 Å². The molecule has 1 atom stereocenters. The fourth-order valence-corrected chi connectivity index (χ4v) is 5.46. The number of ether oxygens (including phenoxy) is 1. The molecule has 1 saturated heterocycles. The number of sulfonamides is 1. The number of aromatic amines is 1. The van der Waals surface area contributed by atoms with Crippen molar-refractivity contribution < 1.29 is 17.9 Å². The second kappa shape index (κ2) is 8.85. The molecule has 0 spiro atoms. The molecule has 1 aromatic heterocycles. The molecule has 0 bridgehead atoms. The summed E-state index contributed by atoms with van der Waals surface area (Å²) in [7, 11) is -3.59. The summed E-state index contributed by atoms with van der Waals surface area (Å²) in [5, 5.41) is 0.970. The van der Waals surface area contributed by atoms with E-state index in [2.05, 4.69) is 18.8 Å². The van der Waals surface area contributed by atoms with Gasteiger partial charge in [-0.15, -0.1) is 0 Å². The van der Waals surface area contributed by atoms with E-state index < -0.39 is 10.0 Å². The molecule has 1 aliphatic rings. The highest BCUT2D eigenvalue weighted by Gasteiger charge is 2.33. The molecule has 2 heterocycles. The highest BCUT2D eigenvalue weighted by atomic mass is 32.2. The summed E-state index contributed by atoms with van der Waals surface area (Å²) in [6.45, 7) is 4.91. The van der Waals surface area contributed by atoms with Crippen LogP contribution in [0.1, 0.15) is 44.6 Å². The minimum absolute atomic E-state index is 0.268. The summed E-state index contributed by atoms with van der Waals surface area (Å²) in [5.41, 5.74) is 2.01. The van der Waals surface area contributed by atoms with E-state index in [1.54, 1.807) is 24.4 Å². The molecule has 2 aromatic carbocycles. The largest absolute Gasteiger partial charge is 0.426 e. The second-order valence-corrected chi connectivity index (χ2v) is 10.1. The van der Waals surface area contributed by atoms with E-state index in [1.165, 1.54) is 9.87 Å². The van der Waals surface area contributed by atoms with E-state index in [4.69, 9.17) is 4.74 Å². The van der Waals surface area contributed by atoms with E-state index >= 15 is 0 Å². The molecule has 0 radical (unpaired) electrons. The number of rotatable bonds is 6. The standard InChI is InChI=1S/C24H28N2O4S/c1-3-17(2)18-4-7-21(8-5-18)30-24(27)20-11-14-26(15-12-20)31(28,29)22-9-6-19-10-13-25-23(19)16-22/h4-10,13,16-17,20,25H,3,11-12,14-15H2,1-2H3. The first-order valence-corrected chi connectivity index (χ1v) is 12.2. The molecule has 0 aliphatic carbocycles. The maximum Gasteiger partial charge on any atom is 0.314 e. The summed E-state index contributed by atoms with van der Waals surface area (Å²) < 4.78 is 33.1. The van der Waals surface area contributed by atoms with Crippen molar-refractivity contribution in [2.45, 2.75) is 43.9 Å². The molecule has 31 heavy (non-hydrogen) atoms. The van der Waals surface area contributed by atoms with Gasteiger partial charge in [0.1, 0.15) is 5.75 Å². The van der Waals surface area contributed by atoms with Crippen LogP contribution < -0.4 is 4.74 Å². The van der Waals surface area contributed by atoms with Gasteiger partial charge in [-0.2, -0.15) is 4.31 Å². The Morgan fingerprint density at radius 1 is 1.13 bits per heavy atom. The molecule has 3 aromatic rings. The Morgan fingerprint density at radius 2 is 1.84 bits per heavy atom. The third kappa shape index (κ3) is 4.52. The molecule has 0 saturated carbocycles. The number of fused-ring (bicyclic) bond motifs is 1. The summed E-state index contributed by atoms with van der Waals surface area (Å²) in [4.78, 5) is 15.9. The summed E-state index contributed by atoms with van der Waals surface area (Å²) in [6.07, 6.45) is 3.75. The Morgan fingerprint density at radius 3 is 2.52 bits per heavy atom. The maximum atomic E-state index is 13.0. The first-order valence-electron chi connectivity index (χ1n) is 10.8. The van der Waals surface area contributed by atoms with Crippen molar-refractivity contribution in [1.29, 1.82) is 0 Å². The summed E-state index contributed by atoms with van der Waals surface area (Å²) in [5.74, 6) is 0.410. The number of aromatic nitrogens is 1. The number of carbonyl (C=O) groups is 1. The zero-order valence-corrected chi connectivity index (χ0v) is 18.7. The van der Waals surface area contributed by atoms with E-state index in [-0.39, 0.29) is 16.8 Å². The van der Waals surface area contributed by atoms with Crippen LogP contribution in [-0.4, -0.2) is 36.8 Å². The summed E-state index contributed by atoms with van der Waals surface area (Å²) >= 11 is 0. The minimum Gasteiger partial charge on any atom is -0.426 e. The first kappa shape index (κ1) is 21.6. The van der Waals surface area contributed by atoms with Crippen molar-refractivity contribution >= 4 is 26.9 Å². The van der Waals surface area contributed by atoms with Crippen molar-refractivity contribution in [3.05, 3.63) is 60.3 Å². The average Bonchev–Trinajstić information content (AvgIpc) is 3.27. The van der Waals surface area contributed by atoms with E-state index in [9.17, 15) is 13.2 Å². The lowest BCUT2D eigenvalue weighted by molar-refractivity contribution is -0.140. The number of esters is 1. The van der Waals surface area contributed by atoms with Crippen molar-refractivity contribution in [3.63, 3.8) is 0 Å². The van der Waals surface area contributed by atoms with E-state index in [0.717, 1.165) is 17.3 Å². The van der Waals surface area contributed by atoms with Crippen molar-refractivity contribution in [1.82, 2.24) is 9.29 Å². The lowest BCUT2D eigenvalue weighted by atomic mass is 9.98. The van der Waals surface area contributed by atoms with Crippen LogP contribution in [-0.2, 0) is 14.8 Å². The molecule has 1 fully saturated rings. The first-order chi connectivity index (χ1) is 14.9. The predicted molar refractivity (Wildman–Crippen MR) is 121 cm³/mol. The van der Waals surface area contributed by atoms with Crippen LogP contribution in [0.2, 0.25) is 0 Å². The monoisotopic (exact) mass is 440 g/mol. The van der Waals surface area contributed by atoms with Crippen LogP contribution in [0.25, 0.3) is 10.9 Å². The molecule has 4 rings (SSSR count). The predicted octanol–water partition coefficient (Wildman–Crippen LogP) is 4.69. The van der Waals surface area contributed by atoms with Gasteiger partial charge in [0.25, 0.3) is 0 Å². The SMILES string of the molecule is CCC(C)c1ccc(OC(=O)C2CCN(S(=O)(=O)c3ccc4cc[nH]c4c3)CC2)cc1. The number of nitrogens with zero attached hydrogens (tertiary/aromatic N) is 1. The van der Waals surface area contributed by atoms with Crippen LogP contribution in [0.15, 0.2) is 59.6 Å². The van der Waals surface area contributed by atoms with E-state index in [0.29, 0.717) is 37.6 Å². The quantitative estimate of drug-likeness (QED) is 0.446. The van der Waals surface area contributed by atoms with Gasteiger partial charge in [-0.05, 0) is 66.5 Å². The molecular formula is C24H28N2O4S. The molecule has 1 aliphatic heterocycles. The number of benzene rings is 2. The lowest BCUT2D eigenvalue weighted by Gasteiger charge is -2.30. The molecule has 6 nitrogen and oxygen atoms in total. The number of carbonyl (C=O) groups excluding carboxylic acids is 1. The van der Waals surface area contributed by atoms with Gasteiger partial charge in [0, 0.05) is 24.8 Å². The van der Waals surface area contributed by atoms with Gasteiger partial charge in [0.2, 0.25) is 10.0 Å². The lowest BCUT2D eigenvalue weighted by Crippen LogP contribution is -2.41. The number of piperidine rings is 1. The number of nitrogens with one attached hydrogen (secondary N) is 1. The van der Waals surface area contributed by atoms with Crippen LogP contribution in [0, 0.1) is 5.92 Å². The fourth-order valence-electron chi connectivity index (χ4n) is 3.97. The van der Waals surface area contributed by atoms with Crippen molar-refractivity contribution in [3.8, 4) is 5.75 Å². The van der Waals surface area contributed by atoms with Crippen LogP contribution >= 0.6 is 0 Å². The summed E-state index contributed by atoms with van der Waals surface area (Å²) in [6, 6.07) is 14.6. The highest BCUT2D eigenvalue weighted by Crippen LogP contribution is 2.27. The number of hydrogen-bond acceptors (Lipinski definition) is 4. The van der Waals surface area contributed by atoms with Gasteiger partial charge in [0.05, 0.1) is 10.8 Å². The molecule has 1 unspecified atom stereocenters. The average molecular weight is 441 g/mol. The zero-order valence-electron chi connectivity index (χ0n) is 17.9. The second-order valence-electron chi connectivity index (χ2n) is 8.20. The topological polar surface area (TPSA) is 79.5 Å². The van der Waals surface area contributed by atoms with Gasteiger partial charge < -0.3 is 9.72 Å². The molecule has 164 valence electrons. The van der Waals surface area contributed by atoms with Crippen LogP contribution in [0.3, 0.4) is 0 Å². The minimum atomic E-state index is -3.59. The van der Waals surface area contributed by atoms with Gasteiger partial charge in [0.15, 0.2) is 0 Å². The smallest absolute Gasteiger partial charge is 0.314 e. The molecule has 0 amide bonds. The Bertz CT molecular complexity index is 1160. The van der Waals surface area contributed by atoms with Crippen molar-refractivity contribution in [2.24, 2.45) is 5.92 Å². The fraction of sp³-hybridized carbons (Fsp3) is 0.375. The maximum absolute atomic E-state index is 13.0. The van der Waals surface area contributed by atoms with Gasteiger partial charge in [-0.25, -0.2) is 8.42 Å². The Balaban J connectivity index is 1.37. The van der Waals surface area contributed by atoms with Crippen LogP contribution in [0.4, 0.5) is 0 Å². The Hall–Kier alpha value is -2.64. The van der Waals surface area contributed by atoms with Crippen LogP contribution in [0.5, 0.6) is 5.75 Å². The normalized spacial score (nSPS) is 17.0. The van der Waals surface area contributed by atoms with E-state index in [1.807, 2.05) is 30.3 Å². The molecule has 7 heteroatoms. The third-order valence-electron chi connectivity index (χ3n) is 6.23. The molecule has 1 N–H and O–H groups in total. The number of hydrogen-bond donors (Lipinski definition) is 1. The van der Waals surface area contributed by atoms with Gasteiger partial charge in [-0.1, -0.05) is 32.0 Å². The third-order valence-corrected chi connectivity index (χ3v) is 8.13. The highest BCUT2D eigenvalue weighted by molar-refractivity contribution is 7.89. The number of H-pyrrole nitrogens is 1. The van der Waals surface area contributed by atoms with Crippen molar-refractivity contribution in [2.75, 3.05) is 13.1 Å². The van der Waals surface area contributed by atoms with Gasteiger partial charge in [-0.3, -0.25) is 4.79 Å². The Kier molecular flexibility index (Phi) is 6.16. The molecular weight excluding hydrogens is 412 g/mol.